The summed E-state index contributed by atoms with van der Waals surface area (Å²) in [6.45, 7) is 8.28. The molecule has 160 valence electrons. The lowest BCUT2D eigenvalue weighted by atomic mass is 10.0. The van der Waals surface area contributed by atoms with Crippen LogP contribution in [0.2, 0.25) is 0 Å². The Balaban J connectivity index is 1.40. The Labute approximate surface area is 177 Å². The number of carbonyl (C=O) groups is 2. The first kappa shape index (κ1) is 20.6. The molecule has 3 heterocycles. The summed E-state index contributed by atoms with van der Waals surface area (Å²) >= 11 is 0. The minimum atomic E-state index is -0.0717. The molecule has 1 fully saturated rings. The molecule has 8 nitrogen and oxygen atoms in total. The van der Waals surface area contributed by atoms with Crippen molar-refractivity contribution in [2.75, 3.05) is 46.4 Å². The number of methoxy groups -OCH3 is 1. The van der Waals surface area contributed by atoms with Crippen molar-refractivity contribution in [1.82, 2.24) is 24.5 Å². The van der Waals surface area contributed by atoms with E-state index in [1.807, 2.05) is 27.9 Å². The number of amides is 2. The standard InChI is InChI=1S/C22H29N5O3/c1-3-27-15-17(13-23-27)14-24-7-9-25(10-8-24)21(28)19-6-4-5-18-16-26(11-12-30-2)22(29)20(18)19/h4-6,13,15H,3,7-12,14,16H2,1-2H3. The van der Waals surface area contributed by atoms with Gasteiger partial charge >= 0.3 is 0 Å². The SMILES string of the molecule is CCn1cc(CN2CCN(C(=O)c3cccc4c3C(=O)N(CCOC)C4)CC2)cn1. The highest BCUT2D eigenvalue weighted by Crippen LogP contribution is 2.27. The van der Waals surface area contributed by atoms with Gasteiger partial charge in [0.15, 0.2) is 0 Å². The first-order chi connectivity index (χ1) is 14.6. The Bertz CT molecular complexity index is 917. The van der Waals surface area contributed by atoms with Gasteiger partial charge in [-0.2, -0.15) is 5.10 Å². The van der Waals surface area contributed by atoms with E-state index in [2.05, 4.69) is 23.1 Å². The van der Waals surface area contributed by atoms with Gasteiger partial charge in [-0.05, 0) is 18.6 Å². The van der Waals surface area contributed by atoms with Gasteiger partial charge in [0.1, 0.15) is 0 Å². The fourth-order valence-electron chi connectivity index (χ4n) is 4.18. The molecule has 0 spiro atoms. The van der Waals surface area contributed by atoms with Crippen molar-refractivity contribution in [1.29, 1.82) is 0 Å². The lowest BCUT2D eigenvalue weighted by molar-refractivity contribution is 0.0618. The predicted octanol–water partition coefficient (Wildman–Crippen LogP) is 1.46. The molecule has 1 aromatic heterocycles. The lowest BCUT2D eigenvalue weighted by Gasteiger charge is -2.34. The summed E-state index contributed by atoms with van der Waals surface area (Å²) in [4.78, 5) is 32.1. The van der Waals surface area contributed by atoms with E-state index in [-0.39, 0.29) is 11.8 Å². The van der Waals surface area contributed by atoms with Crippen molar-refractivity contribution < 1.29 is 14.3 Å². The zero-order valence-corrected chi connectivity index (χ0v) is 17.7. The van der Waals surface area contributed by atoms with Crippen LogP contribution in [0, 0.1) is 0 Å². The maximum Gasteiger partial charge on any atom is 0.255 e. The Kier molecular flexibility index (Phi) is 6.15. The molecule has 0 N–H and O–H groups in total. The molecule has 0 bridgehead atoms. The van der Waals surface area contributed by atoms with Gasteiger partial charge in [0.2, 0.25) is 0 Å². The number of rotatable bonds is 7. The molecule has 0 unspecified atom stereocenters. The number of ether oxygens (including phenoxy) is 1. The molecule has 0 radical (unpaired) electrons. The first-order valence-corrected chi connectivity index (χ1v) is 10.5. The highest BCUT2D eigenvalue weighted by molar-refractivity contribution is 6.09. The van der Waals surface area contributed by atoms with E-state index in [0.29, 0.717) is 43.9 Å². The van der Waals surface area contributed by atoms with E-state index >= 15 is 0 Å². The molecule has 30 heavy (non-hydrogen) atoms. The van der Waals surface area contributed by atoms with Gasteiger partial charge in [-0.15, -0.1) is 0 Å². The Hall–Kier alpha value is -2.71. The van der Waals surface area contributed by atoms with Crippen molar-refractivity contribution in [2.45, 2.75) is 26.6 Å². The second-order valence-corrected chi connectivity index (χ2v) is 7.83. The monoisotopic (exact) mass is 411 g/mol. The molecule has 2 aliphatic rings. The third-order valence-electron chi connectivity index (χ3n) is 5.89. The Morgan fingerprint density at radius 1 is 1.20 bits per heavy atom. The molecule has 1 saturated heterocycles. The molecule has 0 saturated carbocycles. The van der Waals surface area contributed by atoms with Crippen LogP contribution in [-0.4, -0.2) is 82.7 Å². The molecular weight excluding hydrogens is 382 g/mol. The number of carbonyl (C=O) groups excluding carboxylic acids is 2. The Morgan fingerprint density at radius 3 is 2.70 bits per heavy atom. The van der Waals surface area contributed by atoms with Gasteiger partial charge < -0.3 is 14.5 Å². The molecule has 2 aromatic rings. The molecule has 0 aliphatic carbocycles. The largest absolute Gasteiger partial charge is 0.383 e. The number of hydrogen-bond donors (Lipinski definition) is 0. The quantitative estimate of drug-likeness (QED) is 0.690. The van der Waals surface area contributed by atoms with Crippen molar-refractivity contribution in [3.05, 3.63) is 52.8 Å². The third-order valence-corrected chi connectivity index (χ3v) is 5.89. The van der Waals surface area contributed by atoms with E-state index in [4.69, 9.17) is 4.74 Å². The zero-order chi connectivity index (χ0) is 21.1. The van der Waals surface area contributed by atoms with Crippen LogP contribution in [0.1, 0.15) is 38.8 Å². The summed E-state index contributed by atoms with van der Waals surface area (Å²) in [5.41, 5.74) is 3.20. The number of benzene rings is 1. The fraction of sp³-hybridized carbons (Fsp3) is 0.500. The summed E-state index contributed by atoms with van der Waals surface area (Å²) in [6.07, 6.45) is 3.99. The van der Waals surface area contributed by atoms with E-state index in [9.17, 15) is 9.59 Å². The maximum atomic E-state index is 13.2. The smallest absolute Gasteiger partial charge is 0.255 e. The van der Waals surface area contributed by atoms with Crippen LogP contribution in [0.4, 0.5) is 0 Å². The van der Waals surface area contributed by atoms with E-state index in [1.165, 1.54) is 5.56 Å². The third kappa shape index (κ3) is 4.11. The first-order valence-electron chi connectivity index (χ1n) is 10.5. The van der Waals surface area contributed by atoms with Crippen LogP contribution in [0.3, 0.4) is 0 Å². The number of aromatic nitrogens is 2. The average Bonchev–Trinajstić information content (AvgIpc) is 3.36. The van der Waals surface area contributed by atoms with Gasteiger partial charge in [-0.1, -0.05) is 12.1 Å². The predicted molar refractivity (Wildman–Crippen MR) is 112 cm³/mol. The summed E-state index contributed by atoms with van der Waals surface area (Å²) < 4.78 is 7.03. The maximum absolute atomic E-state index is 13.2. The molecule has 2 aliphatic heterocycles. The van der Waals surface area contributed by atoms with Crippen LogP contribution in [0.15, 0.2) is 30.6 Å². The number of aryl methyl sites for hydroxylation is 1. The highest BCUT2D eigenvalue weighted by Gasteiger charge is 2.33. The number of piperazine rings is 1. The van der Waals surface area contributed by atoms with Gasteiger partial charge in [-0.25, -0.2) is 0 Å². The molecule has 0 atom stereocenters. The summed E-state index contributed by atoms with van der Waals surface area (Å²) in [5.74, 6) is -0.121. The van der Waals surface area contributed by atoms with Crippen LogP contribution < -0.4 is 0 Å². The molecule has 1 aromatic carbocycles. The molecule has 2 amide bonds. The van der Waals surface area contributed by atoms with Crippen molar-refractivity contribution >= 4 is 11.8 Å². The fourth-order valence-corrected chi connectivity index (χ4v) is 4.18. The Morgan fingerprint density at radius 2 is 2.00 bits per heavy atom. The number of nitrogens with zero attached hydrogens (tertiary/aromatic N) is 5. The highest BCUT2D eigenvalue weighted by atomic mass is 16.5. The van der Waals surface area contributed by atoms with Crippen LogP contribution in [-0.2, 0) is 24.4 Å². The topological polar surface area (TPSA) is 70.9 Å². The number of fused-ring (bicyclic) bond motifs is 1. The van der Waals surface area contributed by atoms with E-state index in [0.717, 1.165) is 31.7 Å². The van der Waals surface area contributed by atoms with E-state index < -0.39 is 0 Å². The molecular formula is C22H29N5O3. The minimum Gasteiger partial charge on any atom is -0.383 e. The zero-order valence-electron chi connectivity index (χ0n) is 17.7. The lowest BCUT2D eigenvalue weighted by Crippen LogP contribution is -2.48. The summed E-state index contributed by atoms with van der Waals surface area (Å²) in [5, 5.41) is 4.33. The van der Waals surface area contributed by atoms with Crippen molar-refractivity contribution in [3.8, 4) is 0 Å². The second kappa shape index (κ2) is 8.97. The summed E-state index contributed by atoms with van der Waals surface area (Å²) in [6, 6.07) is 5.59. The van der Waals surface area contributed by atoms with Gasteiger partial charge in [-0.3, -0.25) is 19.2 Å². The number of hydrogen-bond acceptors (Lipinski definition) is 5. The van der Waals surface area contributed by atoms with Crippen molar-refractivity contribution in [3.63, 3.8) is 0 Å². The van der Waals surface area contributed by atoms with Gasteiger partial charge in [0, 0.05) is 71.2 Å². The second-order valence-electron chi connectivity index (χ2n) is 7.83. The van der Waals surface area contributed by atoms with Crippen LogP contribution >= 0.6 is 0 Å². The molecule has 8 heteroatoms. The normalized spacial score (nSPS) is 16.9. The van der Waals surface area contributed by atoms with E-state index in [1.54, 1.807) is 18.1 Å². The van der Waals surface area contributed by atoms with Gasteiger partial charge in [0.25, 0.3) is 11.8 Å². The minimum absolute atomic E-state index is 0.0488. The van der Waals surface area contributed by atoms with Gasteiger partial charge in [0.05, 0.1) is 23.9 Å². The van der Waals surface area contributed by atoms with Crippen molar-refractivity contribution in [2.24, 2.45) is 0 Å². The van der Waals surface area contributed by atoms with Crippen LogP contribution in [0.25, 0.3) is 0 Å². The average molecular weight is 412 g/mol. The summed E-state index contributed by atoms with van der Waals surface area (Å²) in [7, 11) is 1.62. The van der Waals surface area contributed by atoms with Crippen LogP contribution in [0.5, 0.6) is 0 Å². The molecule has 4 rings (SSSR count).